The Morgan fingerprint density at radius 2 is 1.94 bits per heavy atom. The van der Waals surface area contributed by atoms with Crippen LogP contribution in [0.25, 0.3) is 10.8 Å². The van der Waals surface area contributed by atoms with Gasteiger partial charge in [-0.05, 0) is 49.9 Å². The van der Waals surface area contributed by atoms with Crippen molar-refractivity contribution < 1.29 is 13.6 Å². The van der Waals surface area contributed by atoms with Gasteiger partial charge < -0.3 is 0 Å². The van der Waals surface area contributed by atoms with Crippen LogP contribution in [0.4, 0.5) is 0 Å². The highest BCUT2D eigenvalue weighted by atomic mass is 35.5. The van der Waals surface area contributed by atoms with Gasteiger partial charge in [-0.2, -0.15) is 5.10 Å². The van der Waals surface area contributed by atoms with E-state index in [-0.39, 0.29) is 18.2 Å². The highest BCUT2D eigenvalue weighted by molar-refractivity contribution is 7.51. The first-order chi connectivity index (χ1) is 16.9. The second-order valence-electron chi connectivity index (χ2n) is 8.60. The van der Waals surface area contributed by atoms with Crippen LogP contribution in [-0.4, -0.2) is 41.3 Å². The van der Waals surface area contributed by atoms with Gasteiger partial charge in [-0.15, -0.1) is 0 Å². The largest absolute Gasteiger partial charge is 0.408 e. The summed E-state index contributed by atoms with van der Waals surface area (Å²) < 4.78 is 27.6. The van der Waals surface area contributed by atoms with Crippen LogP contribution in [0.5, 0.6) is 0 Å². The zero-order chi connectivity index (χ0) is 24.8. The van der Waals surface area contributed by atoms with Crippen molar-refractivity contribution in [2.75, 3.05) is 26.8 Å². The summed E-state index contributed by atoms with van der Waals surface area (Å²) >= 11 is 6.20. The fraction of sp³-hybridized carbons (Fsp3) is 0.385. The Hall–Kier alpha value is -2.28. The molecule has 2 atom stereocenters. The molecule has 7 nitrogen and oxygen atoms in total. The third kappa shape index (κ3) is 5.93. The van der Waals surface area contributed by atoms with Crippen molar-refractivity contribution in [1.29, 1.82) is 0 Å². The van der Waals surface area contributed by atoms with E-state index in [9.17, 15) is 9.36 Å². The van der Waals surface area contributed by atoms with Crippen LogP contribution in [0.1, 0.15) is 43.5 Å². The molecule has 0 bridgehead atoms. The van der Waals surface area contributed by atoms with Crippen LogP contribution < -0.4 is 5.56 Å². The van der Waals surface area contributed by atoms with Gasteiger partial charge in [0.2, 0.25) is 0 Å². The summed E-state index contributed by atoms with van der Waals surface area (Å²) in [6.45, 7) is 3.15. The Balaban J connectivity index is 1.64. The van der Waals surface area contributed by atoms with Crippen molar-refractivity contribution in [3.05, 3.63) is 87.3 Å². The Morgan fingerprint density at radius 3 is 2.69 bits per heavy atom. The Morgan fingerprint density at radius 1 is 1.14 bits per heavy atom. The lowest BCUT2D eigenvalue weighted by molar-refractivity contribution is 0.193. The normalized spacial score (nSPS) is 19.1. The lowest BCUT2D eigenvalue weighted by atomic mass is 10.0. The third-order valence-electron chi connectivity index (χ3n) is 6.33. The van der Waals surface area contributed by atoms with Crippen LogP contribution >= 0.6 is 19.3 Å². The molecule has 0 radical (unpaired) electrons. The van der Waals surface area contributed by atoms with Gasteiger partial charge in [0.05, 0.1) is 23.7 Å². The van der Waals surface area contributed by atoms with E-state index in [0.29, 0.717) is 36.3 Å². The van der Waals surface area contributed by atoms with Crippen LogP contribution in [0.3, 0.4) is 0 Å². The molecule has 2 heterocycles. The summed E-state index contributed by atoms with van der Waals surface area (Å²) in [5.41, 5.74) is 1.76. The highest BCUT2D eigenvalue weighted by Crippen LogP contribution is 2.52. The first kappa shape index (κ1) is 25.8. The molecule has 2 aromatic carbocycles. The van der Waals surface area contributed by atoms with Gasteiger partial charge in [-0.3, -0.25) is 13.8 Å². The molecule has 1 fully saturated rings. The molecule has 186 valence electrons. The summed E-state index contributed by atoms with van der Waals surface area (Å²) in [5.74, 6) is 0. The summed E-state index contributed by atoms with van der Waals surface area (Å²) in [4.78, 5) is 13.5. The number of aromatic nitrogens is 2. The standard InChI is InChI=1S/C26H31ClN3O4P/c1-3-4-17-34-35(32,33-2)29-15-8-11-22(14-16-29)30-26(31)24-13-6-5-12-23(24)25(28-30)19-20-9-7-10-21(27)18-20/h3-7,9-10,12-13,18,22H,8,11,14-17,19H2,1-2H3. The van der Waals surface area contributed by atoms with Crippen molar-refractivity contribution >= 4 is 30.1 Å². The summed E-state index contributed by atoms with van der Waals surface area (Å²) in [5, 5.41) is 7.03. The molecular formula is C26H31ClN3O4P. The summed E-state index contributed by atoms with van der Waals surface area (Å²) in [6.07, 6.45) is 6.32. The number of hydrogen-bond donors (Lipinski definition) is 0. The van der Waals surface area contributed by atoms with E-state index < -0.39 is 7.75 Å². The van der Waals surface area contributed by atoms with Gasteiger partial charge >= 0.3 is 7.75 Å². The van der Waals surface area contributed by atoms with Gasteiger partial charge in [-0.25, -0.2) is 13.9 Å². The van der Waals surface area contributed by atoms with Crippen molar-refractivity contribution in [3.8, 4) is 0 Å². The van der Waals surface area contributed by atoms with Gasteiger partial charge in [0.1, 0.15) is 0 Å². The number of rotatable bonds is 8. The number of allylic oxidation sites excluding steroid dienone is 1. The molecule has 0 spiro atoms. The maximum absolute atomic E-state index is 13.5. The minimum Gasteiger partial charge on any atom is -0.300 e. The van der Waals surface area contributed by atoms with Crippen LogP contribution in [-0.2, 0) is 20.0 Å². The maximum atomic E-state index is 13.5. The van der Waals surface area contributed by atoms with Crippen molar-refractivity contribution in [1.82, 2.24) is 14.5 Å². The molecule has 3 aromatic rings. The topological polar surface area (TPSA) is 73.7 Å². The molecular weight excluding hydrogens is 485 g/mol. The molecule has 9 heteroatoms. The number of benzene rings is 2. The lowest BCUT2D eigenvalue weighted by Gasteiger charge is -2.27. The number of nitrogens with zero attached hydrogens (tertiary/aromatic N) is 3. The Labute approximate surface area is 210 Å². The van der Waals surface area contributed by atoms with Crippen LogP contribution in [0, 0.1) is 0 Å². The van der Waals surface area contributed by atoms with Crippen LogP contribution in [0.15, 0.2) is 65.5 Å². The van der Waals surface area contributed by atoms with E-state index in [4.69, 9.17) is 25.7 Å². The molecule has 2 unspecified atom stereocenters. The molecule has 0 N–H and O–H groups in total. The minimum atomic E-state index is -3.40. The fourth-order valence-electron chi connectivity index (χ4n) is 4.53. The van der Waals surface area contributed by atoms with Crippen molar-refractivity contribution in [3.63, 3.8) is 0 Å². The first-order valence-electron chi connectivity index (χ1n) is 11.9. The Bertz CT molecular complexity index is 1310. The zero-order valence-corrected chi connectivity index (χ0v) is 21.8. The summed E-state index contributed by atoms with van der Waals surface area (Å²) in [7, 11) is -1.99. The second-order valence-corrected chi connectivity index (χ2v) is 11.2. The quantitative estimate of drug-likeness (QED) is 0.270. The Kier molecular flexibility index (Phi) is 8.58. The molecule has 0 saturated carbocycles. The molecule has 4 rings (SSSR count). The first-order valence-corrected chi connectivity index (χ1v) is 13.7. The average Bonchev–Trinajstić information content (AvgIpc) is 3.13. The lowest BCUT2D eigenvalue weighted by Crippen LogP contribution is -2.30. The molecule has 1 aromatic heterocycles. The number of hydrogen-bond acceptors (Lipinski definition) is 5. The molecule has 35 heavy (non-hydrogen) atoms. The SMILES string of the molecule is CC=CCOP(=O)(OC)N1CCCC(n2nc(Cc3cccc(Cl)c3)c3ccccc3c2=O)CC1. The van der Waals surface area contributed by atoms with E-state index in [1.54, 1.807) is 15.4 Å². The van der Waals surface area contributed by atoms with Gasteiger partial charge in [0.25, 0.3) is 5.56 Å². The zero-order valence-electron chi connectivity index (χ0n) is 20.1. The molecule has 1 saturated heterocycles. The average molecular weight is 516 g/mol. The smallest absolute Gasteiger partial charge is 0.300 e. The maximum Gasteiger partial charge on any atom is 0.408 e. The summed E-state index contributed by atoms with van der Waals surface area (Å²) in [6, 6.07) is 15.2. The van der Waals surface area contributed by atoms with Crippen molar-refractivity contribution in [2.45, 2.75) is 38.6 Å². The van der Waals surface area contributed by atoms with E-state index in [2.05, 4.69) is 0 Å². The second kappa shape index (κ2) is 11.6. The highest BCUT2D eigenvalue weighted by Gasteiger charge is 2.34. The van der Waals surface area contributed by atoms with Gasteiger partial charge in [0.15, 0.2) is 0 Å². The molecule has 0 amide bonds. The molecule has 1 aliphatic rings. The fourth-order valence-corrected chi connectivity index (χ4v) is 6.26. The minimum absolute atomic E-state index is 0.104. The predicted octanol–water partition coefficient (Wildman–Crippen LogP) is 6.01. The molecule has 1 aliphatic heterocycles. The third-order valence-corrected chi connectivity index (χ3v) is 8.60. The number of fused-ring (bicyclic) bond motifs is 1. The van der Waals surface area contributed by atoms with Gasteiger partial charge in [-0.1, -0.05) is 54.1 Å². The van der Waals surface area contributed by atoms with E-state index in [1.807, 2.05) is 61.5 Å². The van der Waals surface area contributed by atoms with Gasteiger partial charge in [0, 0.05) is 37.0 Å². The van der Waals surface area contributed by atoms with E-state index in [0.717, 1.165) is 29.5 Å². The molecule has 0 aliphatic carbocycles. The predicted molar refractivity (Wildman–Crippen MR) is 140 cm³/mol. The number of halogens is 1. The monoisotopic (exact) mass is 515 g/mol. The van der Waals surface area contributed by atoms with Crippen LogP contribution in [0.2, 0.25) is 5.02 Å². The van der Waals surface area contributed by atoms with Crippen molar-refractivity contribution in [2.24, 2.45) is 0 Å². The van der Waals surface area contributed by atoms with E-state index >= 15 is 0 Å². The van der Waals surface area contributed by atoms with E-state index in [1.165, 1.54) is 7.11 Å².